The molecule has 0 spiro atoms. The third-order valence-corrected chi connectivity index (χ3v) is 6.86. The molecule has 0 aliphatic heterocycles. The molecule has 0 bridgehead atoms. The molecule has 1 aliphatic rings. The molecule has 0 atom stereocenters. The Morgan fingerprint density at radius 1 is 1.50 bits per heavy atom. The van der Waals surface area contributed by atoms with Gasteiger partial charge in [0.15, 0.2) is 4.21 Å². The van der Waals surface area contributed by atoms with E-state index in [-0.39, 0.29) is 6.04 Å². The Kier molecular flexibility index (Phi) is 4.80. The molecule has 18 heavy (non-hydrogen) atoms. The Morgan fingerprint density at radius 2 is 2.17 bits per heavy atom. The molecule has 1 fully saturated rings. The largest absolute Gasteiger partial charge is 0.254 e. The van der Waals surface area contributed by atoms with Gasteiger partial charge in [-0.2, -0.15) is 4.31 Å². The monoisotopic (exact) mass is 352 g/mol. The summed E-state index contributed by atoms with van der Waals surface area (Å²) >= 11 is 4.60. The van der Waals surface area contributed by atoms with Crippen LogP contribution < -0.4 is 0 Å². The maximum atomic E-state index is 12.6. The van der Waals surface area contributed by atoms with E-state index in [1.54, 1.807) is 4.31 Å². The zero-order chi connectivity index (χ0) is 13.2. The van der Waals surface area contributed by atoms with Gasteiger partial charge in [0.1, 0.15) is 0 Å². The molecule has 2 rings (SSSR count). The van der Waals surface area contributed by atoms with Crippen LogP contribution >= 0.6 is 27.3 Å². The molecule has 0 amide bonds. The van der Waals surface area contributed by atoms with Gasteiger partial charge in [-0.25, -0.2) is 13.4 Å². The predicted octanol–water partition coefficient (Wildman–Crippen LogP) is 2.78. The molecular formula is C11H17BrN2O2S2. The van der Waals surface area contributed by atoms with Crippen LogP contribution in [-0.4, -0.2) is 35.6 Å². The van der Waals surface area contributed by atoms with Crippen LogP contribution in [0.4, 0.5) is 0 Å². The summed E-state index contributed by atoms with van der Waals surface area (Å²) in [6, 6.07) is 0.162. The molecule has 1 heterocycles. The van der Waals surface area contributed by atoms with Gasteiger partial charge in [0.05, 0.1) is 11.2 Å². The summed E-state index contributed by atoms with van der Waals surface area (Å²) in [5, 5.41) is 1.46. The lowest BCUT2D eigenvalue weighted by molar-refractivity contribution is 0.339. The minimum atomic E-state index is -3.37. The molecule has 4 nitrogen and oxygen atoms in total. The van der Waals surface area contributed by atoms with E-state index in [0.717, 1.165) is 30.7 Å². The highest BCUT2D eigenvalue weighted by atomic mass is 79.9. The molecule has 102 valence electrons. The summed E-state index contributed by atoms with van der Waals surface area (Å²) in [7, 11) is -3.37. The van der Waals surface area contributed by atoms with Gasteiger partial charge in [0.2, 0.25) is 0 Å². The van der Waals surface area contributed by atoms with Crippen molar-refractivity contribution in [1.29, 1.82) is 0 Å². The summed E-state index contributed by atoms with van der Waals surface area (Å²) in [5.41, 5.74) is 0. The minimum Gasteiger partial charge on any atom is -0.249 e. The van der Waals surface area contributed by atoms with Gasteiger partial charge in [-0.3, -0.25) is 0 Å². The average molecular weight is 353 g/mol. The number of thiazole rings is 1. The van der Waals surface area contributed by atoms with Gasteiger partial charge < -0.3 is 0 Å². The van der Waals surface area contributed by atoms with Gasteiger partial charge in [-0.05, 0) is 19.8 Å². The standard InChI is InChI=1S/C11H17BrN2O2S2/c1-9-13-8-11(17-9)18(15,16)14(7-6-12)10-4-2-3-5-10/h8,10H,2-7H2,1H3. The zero-order valence-corrected chi connectivity index (χ0v) is 13.5. The van der Waals surface area contributed by atoms with Crippen molar-refractivity contribution in [3.8, 4) is 0 Å². The van der Waals surface area contributed by atoms with Crippen molar-refractivity contribution in [2.75, 3.05) is 11.9 Å². The van der Waals surface area contributed by atoms with Crippen molar-refractivity contribution in [3.05, 3.63) is 11.2 Å². The van der Waals surface area contributed by atoms with E-state index < -0.39 is 10.0 Å². The highest BCUT2D eigenvalue weighted by Gasteiger charge is 2.33. The summed E-state index contributed by atoms with van der Waals surface area (Å²) in [5.74, 6) is 0. The van der Waals surface area contributed by atoms with E-state index in [4.69, 9.17) is 0 Å². The van der Waals surface area contributed by atoms with Crippen LogP contribution in [0.25, 0.3) is 0 Å². The summed E-state index contributed by atoms with van der Waals surface area (Å²) < 4.78 is 27.2. The Morgan fingerprint density at radius 3 is 2.67 bits per heavy atom. The van der Waals surface area contributed by atoms with E-state index in [0.29, 0.717) is 16.1 Å². The number of rotatable bonds is 5. The van der Waals surface area contributed by atoms with Gasteiger partial charge in [-0.1, -0.05) is 28.8 Å². The van der Waals surface area contributed by atoms with Crippen molar-refractivity contribution in [2.45, 2.75) is 42.9 Å². The number of hydrogen-bond donors (Lipinski definition) is 0. The molecule has 1 aliphatic carbocycles. The highest BCUT2D eigenvalue weighted by Crippen LogP contribution is 2.30. The van der Waals surface area contributed by atoms with Gasteiger partial charge in [0.25, 0.3) is 10.0 Å². The second kappa shape index (κ2) is 5.98. The molecule has 1 saturated carbocycles. The topological polar surface area (TPSA) is 50.3 Å². The molecule has 1 aromatic rings. The quantitative estimate of drug-likeness (QED) is 0.765. The van der Waals surface area contributed by atoms with E-state index in [2.05, 4.69) is 20.9 Å². The third kappa shape index (κ3) is 2.95. The van der Waals surface area contributed by atoms with Crippen LogP contribution in [0.15, 0.2) is 10.4 Å². The second-order valence-electron chi connectivity index (χ2n) is 4.44. The van der Waals surface area contributed by atoms with Gasteiger partial charge >= 0.3 is 0 Å². The van der Waals surface area contributed by atoms with Crippen molar-refractivity contribution in [1.82, 2.24) is 9.29 Å². The van der Waals surface area contributed by atoms with Crippen LogP contribution in [0.1, 0.15) is 30.7 Å². The number of hydrogen-bond acceptors (Lipinski definition) is 4. The number of alkyl halides is 1. The first-order valence-electron chi connectivity index (χ1n) is 6.06. The molecule has 0 unspecified atom stereocenters. The van der Waals surface area contributed by atoms with Crippen molar-refractivity contribution in [3.63, 3.8) is 0 Å². The van der Waals surface area contributed by atoms with Crippen molar-refractivity contribution >= 4 is 37.3 Å². The van der Waals surface area contributed by atoms with Gasteiger partial charge in [-0.15, -0.1) is 11.3 Å². The van der Waals surface area contributed by atoms with Crippen LogP contribution in [0.2, 0.25) is 0 Å². The lowest BCUT2D eigenvalue weighted by Gasteiger charge is -2.26. The molecule has 0 radical (unpaired) electrons. The first-order chi connectivity index (χ1) is 8.55. The molecule has 0 N–H and O–H groups in total. The predicted molar refractivity (Wildman–Crippen MR) is 76.8 cm³/mol. The smallest absolute Gasteiger partial charge is 0.249 e. The summed E-state index contributed by atoms with van der Waals surface area (Å²) in [6.45, 7) is 2.36. The van der Waals surface area contributed by atoms with Crippen LogP contribution in [0.3, 0.4) is 0 Å². The molecule has 0 saturated heterocycles. The van der Waals surface area contributed by atoms with E-state index in [1.807, 2.05) is 6.92 Å². The average Bonchev–Trinajstić information content (AvgIpc) is 2.96. The fraction of sp³-hybridized carbons (Fsp3) is 0.727. The van der Waals surface area contributed by atoms with Gasteiger partial charge in [0, 0.05) is 17.9 Å². The van der Waals surface area contributed by atoms with Crippen LogP contribution in [-0.2, 0) is 10.0 Å². The molecule has 7 heteroatoms. The maximum absolute atomic E-state index is 12.6. The number of sulfonamides is 1. The highest BCUT2D eigenvalue weighted by molar-refractivity contribution is 9.09. The Balaban J connectivity index is 2.28. The van der Waals surface area contributed by atoms with E-state index in [9.17, 15) is 8.42 Å². The molecular weight excluding hydrogens is 336 g/mol. The normalized spacial score (nSPS) is 17.7. The van der Waals surface area contributed by atoms with Crippen molar-refractivity contribution in [2.24, 2.45) is 0 Å². The summed E-state index contributed by atoms with van der Waals surface area (Å²) in [4.78, 5) is 4.05. The van der Waals surface area contributed by atoms with E-state index in [1.165, 1.54) is 17.5 Å². The fourth-order valence-electron chi connectivity index (χ4n) is 2.35. The first kappa shape index (κ1) is 14.4. The number of halogens is 1. The lowest BCUT2D eigenvalue weighted by Crippen LogP contribution is -2.39. The van der Waals surface area contributed by atoms with Crippen LogP contribution in [0, 0.1) is 6.92 Å². The Hall–Kier alpha value is 0.0200. The molecule has 0 aromatic carbocycles. The van der Waals surface area contributed by atoms with E-state index >= 15 is 0 Å². The minimum absolute atomic E-state index is 0.162. The van der Waals surface area contributed by atoms with Crippen molar-refractivity contribution < 1.29 is 8.42 Å². The SMILES string of the molecule is Cc1ncc(S(=O)(=O)N(CCBr)C2CCCC2)s1. The number of aryl methyl sites for hydroxylation is 1. The second-order valence-corrected chi connectivity index (χ2v) is 8.59. The lowest BCUT2D eigenvalue weighted by atomic mass is 10.2. The third-order valence-electron chi connectivity index (χ3n) is 3.20. The fourth-order valence-corrected chi connectivity index (χ4v) is 5.89. The Labute approximate surface area is 121 Å². The molecule has 1 aromatic heterocycles. The number of nitrogens with zero attached hydrogens (tertiary/aromatic N) is 2. The summed E-state index contributed by atoms with van der Waals surface area (Å²) in [6.07, 6.45) is 5.68. The van der Waals surface area contributed by atoms with Crippen LogP contribution in [0.5, 0.6) is 0 Å². The maximum Gasteiger partial charge on any atom is 0.254 e. The first-order valence-corrected chi connectivity index (χ1v) is 9.43. The zero-order valence-electron chi connectivity index (χ0n) is 10.3. The Bertz CT molecular complexity index is 495. The number of aromatic nitrogens is 1.